The van der Waals surface area contributed by atoms with Gasteiger partial charge >= 0.3 is 6.61 Å². The number of hydrogen-bond donors (Lipinski definition) is 0. The van der Waals surface area contributed by atoms with Crippen molar-refractivity contribution in [1.82, 2.24) is 0 Å². The van der Waals surface area contributed by atoms with Gasteiger partial charge in [-0.15, -0.1) is 23.2 Å². The molecule has 17 heavy (non-hydrogen) atoms. The Morgan fingerprint density at radius 2 is 2.12 bits per heavy atom. The topological polar surface area (TPSA) is 26.3 Å². The van der Waals surface area contributed by atoms with Crippen molar-refractivity contribution in [1.29, 1.82) is 0 Å². The number of carbonyl (C=O) groups is 1. The van der Waals surface area contributed by atoms with Gasteiger partial charge in [-0.25, -0.2) is 0 Å². The van der Waals surface area contributed by atoms with Gasteiger partial charge in [0.2, 0.25) is 0 Å². The molecule has 0 aliphatic carbocycles. The molecule has 0 bridgehead atoms. The number of ether oxygens (including phenoxy) is 1. The van der Waals surface area contributed by atoms with Crippen molar-refractivity contribution in [3.63, 3.8) is 0 Å². The van der Waals surface area contributed by atoms with Gasteiger partial charge in [0.25, 0.3) is 0 Å². The fraction of sp³-hybridized carbons (Fsp3) is 0.364. The zero-order chi connectivity index (χ0) is 13.0. The molecular formula is C11H10Cl2F2O2. The molecule has 0 aliphatic heterocycles. The van der Waals surface area contributed by atoms with Gasteiger partial charge in [-0.3, -0.25) is 4.79 Å². The molecule has 6 heteroatoms. The fourth-order valence-corrected chi connectivity index (χ4v) is 1.63. The molecule has 0 spiro atoms. The maximum atomic E-state index is 12.2. The van der Waals surface area contributed by atoms with Crippen molar-refractivity contribution < 1.29 is 18.3 Å². The Kier molecular flexibility index (Phi) is 5.15. The highest BCUT2D eigenvalue weighted by Crippen LogP contribution is 2.32. The van der Waals surface area contributed by atoms with Crippen molar-refractivity contribution in [3.05, 3.63) is 29.3 Å². The summed E-state index contributed by atoms with van der Waals surface area (Å²) in [7, 11) is 0. The van der Waals surface area contributed by atoms with Gasteiger partial charge in [-0.2, -0.15) is 8.78 Å². The predicted octanol–water partition coefficient (Wildman–Crippen LogP) is 3.90. The zero-order valence-electron chi connectivity index (χ0n) is 8.92. The monoisotopic (exact) mass is 282 g/mol. The normalized spacial score (nSPS) is 12.6. The van der Waals surface area contributed by atoms with Crippen molar-refractivity contribution in [2.45, 2.75) is 24.8 Å². The third-order valence-electron chi connectivity index (χ3n) is 2.08. The van der Waals surface area contributed by atoms with Gasteiger partial charge in [0.15, 0.2) is 5.78 Å². The maximum Gasteiger partial charge on any atom is 0.387 e. The first-order valence-corrected chi connectivity index (χ1v) is 5.71. The summed E-state index contributed by atoms with van der Waals surface area (Å²) < 4.78 is 28.8. The molecule has 0 saturated carbocycles. The number of carbonyl (C=O) groups excluding carboxylic acids is 1. The lowest BCUT2D eigenvalue weighted by Crippen LogP contribution is -2.09. The molecule has 0 aromatic heterocycles. The van der Waals surface area contributed by atoms with Crippen LogP contribution < -0.4 is 4.74 Å². The van der Waals surface area contributed by atoms with E-state index in [-0.39, 0.29) is 23.0 Å². The van der Waals surface area contributed by atoms with Gasteiger partial charge in [0, 0.05) is 11.4 Å². The average molecular weight is 283 g/mol. The van der Waals surface area contributed by atoms with Gasteiger partial charge in [0.1, 0.15) is 11.1 Å². The summed E-state index contributed by atoms with van der Waals surface area (Å²) in [6.45, 7) is -1.70. The first kappa shape index (κ1) is 14.2. The van der Waals surface area contributed by atoms with Crippen LogP contribution in [-0.4, -0.2) is 12.4 Å². The minimum atomic E-state index is -2.98. The predicted molar refractivity (Wildman–Crippen MR) is 61.9 cm³/mol. The molecule has 0 amide bonds. The number of benzene rings is 1. The van der Waals surface area contributed by atoms with Crippen molar-refractivity contribution in [3.8, 4) is 5.75 Å². The van der Waals surface area contributed by atoms with Crippen LogP contribution in [0, 0.1) is 0 Å². The average Bonchev–Trinajstić information content (AvgIpc) is 2.27. The lowest BCUT2D eigenvalue weighted by Gasteiger charge is -2.14. The second-order valence-corrected chi connectivity index (χ2v) is 4.06. The van der Waals surface area contributed by atoms with Crippen LogP contribution in [0.2, 0.25) is 0 Å². The molecule has 0 saturated heterocycles. The van der Waals surface area contributed by atoms with Gasteiger partial charge in [-0.1, -0.05) is 12.1 Å². The number of halogens is 4. The van der Waals surface area contributed by atoms with E-state index in [4.69, 9.17) is 23.2 Å². The van der Waals surface area contributed by atoms with Crippen LogP contribution in [0.25, 0.3) is 0 Å². The van der Waals surface area contributed by atoms with Crippen LogP contribution in [0.1, 0.15) is 23.4 Å². The number of alkyl halides is 4. The van der Waals surface area contributed by atoms with Gasteiger partial charge < -0.3 is 4.74 Å². The molecular weight excluding hydrogens is 273 g/mol. The van der Waals surface area contributed by atoms with E-state index in [0.717, 1.165) is 0 Å². The van der Waals surface area contributed by atoms with Crippen LogP contribution in [0.5, 0.6) is 5.75 Å². The molecule has 0 heterocycles. The van der Waals surface area contributed by atoms with E-state index in [1.807, 2.05) is 0 Å². The third kappa shape index (κ3) is 3.82. The molecule has 1 aromatic rings. The van der Waals surface area contributed by atoms with Crippen LogP contribution in [0.3, 0.4) is 0 Å². The van der Waals surface area contributed by atoms with E-state index in [9.17, 15) is 13.6 Å². The number of hydrogen-bond acceptors (Lipinski definition) is 2. The van der Waals surface area contributed by atoms with E-state index in [2.05, 4.69) is 4.74 Å². The second kappa shape index (κ2) is 6.17. The first-order chi connectivity index (χ1) is 7.95. The van der Waals surface area contributed by atoms with E-state index in [0.29, 0.717) is 5.56 Å². The molecule has 0 radical (unpaired) electrons. The van der Waals surface area contributed by atoms with E-state index >= 15 is 0 Å². The minimum Gasteiger partial charge on any atom is -0.434 e. The van der Waals surface area contributed by atoms with Gasteiger partial charge in [-0.05, 0) is 18.6 Å². The van der Waals surface area contributed by atoms with Gasteiger partial charge in [0.05, 0.1) is 0 Å². The molecule has 1 atom stereocenters. The Balaban J connectivity index is 3.14. The minimum absolute atomic E-state index is 0.117. The number of rotatable bonds is 5. The second-order valence-electron chi connectivity index (χ2n) is 3.36. The quantitative estimate of drug-likeness (QED) is 0.766. The van der Waals surface area contributed by atoms with E-state index < -0.39 is 12.0 Å². The van der Waals surface area contributed by atoms with Crippen LogP contribution in [0.4, 0.5) is 8.78 Å². The largest absolute Gasteiger partial charge is 0.434 e. The lowest BCUT2D eigenvalue weighted by atomic mass is 10.1. The van der Waals surface area contributed by atoms with Crippen LogP contribution >= 0.6 is 23.2 Å². The lowest BCUT2D eigenvalue weighted by molar-refractivity contribution is -0.116. The summed E-state index contributed by atoms with van der Waals surface area (Å²) in [4.78, 5) is 11.1. The Morgan fingerprint density at radius 3 is 2.59 bits per heavy atom. The molecule has 1 rings (SSSR count). The molecule has 0 N–H and O–H groups in total. The molecule has 1 unspecified atom stereocenters. The van der Waals surface area contributed by atoms with Crippen molar-refractivity contribution >= 4 is 29.0 Å². The van der Waals surface area contributed by atoms with Crippen LogP contribution in [-0.2, 0) is 10.7 Å². The first-order valence-electron chi connectivity index (χ1n) is 4.73. The summed E-state index contributed by atoms with van der Waals surface area (Å²) in [5.41, 5.74) is 0.826. The Bertz CT molecular complexity index is 410. The molecule has 2 nitrogen and oxygen atoms in total. The Morgan fingerprint density at radius 1 is 1.47 bits per heavy atom. The molecule has 94 valence electrons. The number of Topliss-reactive ketones (excluding diaryl/α,β-unsaturated/α-hetero) is 1. The summed E-state index contributed by atoms with van der Waals surface area (Å²) in [6, 6.07) is 4.43. The van der Waals surface area contributed by atoms with E-state index in [1.54, 1.807) is 6.07 Å². The highest BCUT2D eigenvalue weighted by molar-refractivity contribution is 6.31. The van der Waals surface area contributed by atoms with Crippen molar-refractivity contribution in [2.24, 2.45) is 0 Å². The smallest absolute Gasteiger partial charge is 0.387 e. The molecule has 1 aromatic carbocycles. The summed E-state index contributed by atoms with van der Waals surface area (Å²) in [5.74, 6) is -0.301. The Hall–Kier alpha value is -0.870. The third-order valence-corrected chi connectivity index (χ3v) is 2.93. The highest BCUT2D eigenvalue weighted by atomic mass is 35.5. The van der Waals surface area contributed by atoms with E-state index in [1.165, 1.54) is 19.1 Å². The highest BCUT2D eigenvalue weighted by Gasteiger charge is 2.20. The Labute approximate surface area is 107 Å². The fourth-order valence-electron chi connectivity index (χ4n) is 1.29. The zero-order valence-corrected chi connectivity index (χ0v) is 10.4. The summed E-state index contributed by atoms with van der Waals surface area (Å²) in [6.07, 6.45) is 0. The maximum absolute atomic E-state index is 12.2. The van der Waals surface area contributed by atoms with Crippen LogP contribution in [0.15, 0.2) is 18.2 Å². The van der Waals surface area contributed by atoms with Crippen molar-refractivity contribution in [2.75, 3.05) is 0 Å². The standard InChI is InChI=1S/C11H10Cl2F2O2/c1-6(16)10(13)8-3-2-7(5-12)4-9(8)17-11(14)15/h2-4,10-11H,5H2,1H3. The SMILES string of the molecule is CC(=O)C(Cl)c1ccc(CCl)cc1OC(F)F. The number of ketones is 1. The molecule has 0 aliphatic rings. The summed E-state index contributed by atoms with van der Waals surface area (Å²) in [5, 5.41) is -1.01. The summed E-state index contributed by atoms with van der Waals surface area (Å²) >= 11 is 11.4. The molecule has 0 fully saturated rings.